The molecule has 3 aromatic rings. The van der Waals surface area contributed by atoms with Gasteiger partial charge in [-0.2, -0.15) is 4.98 Å². The van der Waals surface area contributed by atoms with Crippen molar-refractivity contribution in [3.8, 4) is 23.2 Å². The van der Waals surface area contributed by atoms with E-state index < -0.39 is 17.3 Å². The number of nitrogens with one attached hydrogen (secondary N) is 2. The van der Waals surface area contributed by atoms with Gasteiger partial charge in [-0.05, 0) is 84.3 Å². The molecule has 2 heterocycles. The van der Waals surface area contributed by atoms with Gasteiger partial charge in [0, 0.05) is 24.0 Å². The van der Waals surface area contributed by atoms with Crippen molar-refractivity contribution in [2.24, 2.45) is 0 Å². The minimum Gasteiger partial charge on any atom is -0.459 e. The molecule has 0 radical (unpaired) electrons. The van der Waals surface area contributed by atoms with Gasteiger partial charge in [0.15, 0.2) is 5.82 Å². The zero-order valence-corrected chi connectivity index (χ0v) is 24.6. The Morgan fingerprint density at radius 1 is 0.976 bits per heavy atom. The number of hydrogen-bond acceptors (Lipinski definition) is 10. The maximum absolute atomic E-state index is 12.0. The Morgan fingerprint density at radius 3 is 2.46 bits per heavy atom. The van der Waals surface area contributed by atoms with Gasteiger partial charge in [0.1, 0.15) is 23.2 Å². The number of likely N-dealkylation sites (N-methyl/N-ethyl adjacent to an activating group) is 1. The van der Waals surface area contributed by atoms with Crippen LogP contribution in [0.5, 0.6) is 0 Å². The zero-order valence-electron chi connectivity index (χ0n) is 24.6. The van der Waals surface area contributed by atoms with Gasteiger partial charge in [0.05, 0.1) is 13.1 Å². The van der Waals surface area contributed by atoms with Crippen molar-refractivity contribution in [3.63, 3.8) is 0 Å². The molecule has 0 spiro atoms. The van der Waals surface area contributed by atoms with Crippen molar-refractivity contribution in [2.45, 2.75) is 59.3 Å². The highest BCUT2D eigenvalue weighted by molar-refractivity contribution is 5.72. The van der Waals surface area contributed by atoms with Crippen molar-refractivity contribution < 1.29 is 19.1 Å². The lowest BCUT2D eigenvalue weighted by Crippen LogP contribution is -2.32. The van der Waals surface area contributed by atoms with Gasteiger partial charge >= 0.3 is 12.1 Å². The van der Waals surface area contributed by atoms with E-state index in [-0.39, 0.29) is 12.5 Å². The van der Waals surface area contributed by atoms with Gasteiger partial charge in [-0.25, -0.2) is 19.7 Å². The molecule has 0 saturated heterocycles. The summed E-state index contributed by atoms with van der Waals surface area (Å²) in [7, 11) is 1.80. The van der Waals surface area contributed by atoms with Crippen molar-refractivity contribution in [2.75, 3.05) is 25.5 Å². The van der Waals surface area contributed by atoms with E-state index in [1.54, 1.807) is 30.3 Å². The maximum atomic E-state index is 12.0. The van der Waals surface area contributed by atoms with Crippen LogP contribution in [0.3, 0.4) is 0 Å². The maximum Gasteiger partial charge on any atom is 0.407 e. The molecule has 11 heteroatoms. The Bertz CT molecular complexity index is 1420. The minimum absolute atomic E-state index is 0.142. The van der Waals surface area contributed by atoms with Crippen LogP contribution in [0.15, 0.2) is 48.9 Å². The number of esters is 1. The van der Waals surface area contributed by atoms with E-state index in [9.17, 15) is 9.59 Å². The van der Waals surface area contributed by atoms with Crippen LogP contribution in [0, 0.1) is 11.8 Å². The first kappa shape index (κ1) is 31.0. The molecule has 2 N–H and O–H groups in total. The van der Waals surface area contributed by atoms with E-state index in [1.807, 2.05) is 65.8 Å². The lowest BCUT2D eigenvalue weighted by atomic mass is 10.2. The first-order valence-electron chi connectivity index (χ1n) is 13.1. The number of anilines is 2. The quantitative estimate of drug-likeness (QED) is 0.304. The predicted molar refractivity (Wildman–Crippen MR) is 156 cm³/mol. The molecular weight excluding hydrogens is 522 g/mol. The fourth-order valence-electron chi connectivity index (χ4n) is 3.43. The highest BCUT2D eigenvalue weighted by Crippen LogP contribution is 2.19. The fraction of sp³-hybridized carbons (Fsp3) is 0.400. The number of hydrogen-bond donors (Lipinski definition) is 2. The smallest absolute Gasteiger partial charge is 0.407 e. The Labute approximate surface area is 241 Å². The summed E-state index contributed by atoms with van der Waals surface area (Å²) in [6.07, 6.45) is 2.59. The average molecular weight is 560 g/mol. The average Bonchev–Trinajstić information content (AvgIpc) is 2.86. The van der Waals surface area contributed by atoms with Gasteiger partial charge in [0.25, 0.3) is 0 Å². The molecule has 0 unspecified atom stereocenters. The molecule has 1 aromatic carbocycles. The van der Waals surface area contributed by atoms with Crippen LogP contribution in [0.1, 0.15) is 52.8 Å². The molecule has 0 atom stereocenters. The topological polar surface area (TPSA) is 131 Å². The standard InChI is InChI=1S/C30H37N7O4/c1-29(2,3)40-25(38)19-37(7)15-9-12-23-17-22(13-14-31-23)26-33-20-34-27(36-26)35-24-11-8-10-21(16-24)18-32-28(39)41-30(4,5)6/h8,10-11,13-14,16-17,20H,15,18-19H2,1-7H3,(H,32,39)(H,33,34,35,36). The van der Waals surface area contributed by atoms with Gasteiger partial charge in [-0.3, -0.25) is 9.69 Å². The molecule has 0 bridgehead atoms. The Morgan fingerprint density at radius 2 is 1.73 bits per heavy atom. The van der Waals surface area contributed by atoms with Crippen molar-refractivity contribution in [1.82, 2.24) is 30.2 Å². The Kier molecular flexibility index (Phi) is 10.3. The number of aromatic nitrogens is 4. The fourth-order valence-corrected chi connectivity index (χ4v) is 3.43. The molecule has 1 amide bonds. The summed E-state index contributed by atoms with van der Waals surface area (Å²) in [5, 5.41) is 5.93. The van der Waals surface area contributed by atoms with E-state index in [2.05, 4.69) is 42.4 Å². The summed E-state index contributed by atoms with van der Waals surface area (Å²) >= 11 is 0. The molecule has 2 aromatic heterocycles. The molecule has 0 aliphatic heterocycles. The highest BCUT2D eigenvalue weighted by Gasteiger charge is 2.17. The monoisotopic (exact) mass is 559 g/mol. The van der Waals surface area contributed by atoms with E-state index in [0.29, 0.717) is 30.6 Å². The van der Waals surface area contributed by atoms with Gasteiger partial charge in [-0.1, -0.05) is 18.1 Å². The minimum atomic E-state index is -0.564. The third-order valence-corrected chi connectivity index (χ3v) is 4.99. The van der Waals surface area contributed by atoms with E-state index in [0.717, 1.165) is 16.8 Å². The summed E-state index contributed by atoms with van der Waals surface area (Å²) in [6, 6.07) is 11.1. The summed E-state index contributed by atoms with van der Waals surface area (Å²) in [5.41, 5.74) is 1.82. The molecule has 0 fully saturated rings. The number of nitrogens with zero attached hydrogens (tertiary/aromatic N) is 5. The van der Waals surface area contributed by atoms with Crippen molar-refractivity contribution in [1.29, 1.82) is 0 Å². The molecule has 11 nitrogen and oxygen atoms in total. The molecule has 0 aliphatic rings. The summed E-state index contributed by atoms with van der Waals surface area (Å²) < 4.78 is 10.6. The predicted octanol–water partition coefficient (Wildman–Crippen LogP) is 4.33. The van der Waals surface area contributed by atoms with Gasteiger partial charge in [0.2, 0.25) is 5.95 Å². The largest absolute Gasteiger partial charge is 0.459 e. The first-order valence-corrected chi connectivity index (χ1v) is 13.1. The number of amides is 1. The number of pyridine rings is 1. The second-order valence-corrected chi connectivity index (χ2v) is 11.3. The third-order valence-electron chi connectivity index (χ3n) is 4.99. The van der Waals surface area contributed by atoms with Gasteiger partial charge in [-0.15, -0.1) is 0 Å². The third kappa shape index (κ3) is 11.6. The van der Waals surface area contributed by atoms with Crippen molar-refractivity contribution in [3.05, 3.63) is 60.2 Å². The Hall–Kier alpha value is -4.56. The molecule has 0 aliphatic carbocycles. The zero-order chi connectivity index (χ0) is 30.0. The number of alkyl carbamates (subject to hydrolysis) is 1. The molecular formula is C30H37N7O4. The molecule has 3 rings (SSSR count). The number of carbonyl (C=O) groups excluding carboxylic acids is 2. The summed E-state index contributed by atoms with van der Waals surface area (Å²) in [5.74, 6) is 6.57. The van der Waals surface area contributed by atoms with Crippen LogP contribution in [0.2, 0.25) is 0 Å². The van der Waals surface area contributed by atoms with Gasteiger partial charge < -0.3 is 20.1 Å². The number of rotatable bonds is 8. The second kappa shape index (κ2) is 13.7. The lowest BCUT2D eigenvalue weighted by Gasteiger charge is -2.21. The lowest BCUT2D eigenvalue weighted by molar-refractivity contribution is -0.155. The summed E-state index contributed by atoms with van der Waals surface area (Å²) in [6.45, 7) is 11.8. The van der Waals surface area contributed by atoms with Crippen LogP contribution in [0.25, 0.3) is 11.4 Å². The van der Waals surface area contributed by atoms with E-state index >= 15 is 0 Å². The second-order valence-electron chi connectivity index (χ2n) is 11.3. The van der Waals surface area contributed by atoms with Crippen LogP contribution in [0.4, 0.5) is 16.4 Å². The van der Waals surface area contributed by atoms with Crippen LogP contribution >= 0.6 is 0 Å². The SMILES string of the molecule is CN(CC#Cc1cc(-c2ncnc(Nc3cccc(CNC(=O)OC(C)(C)C)c3)n2)ccn1)CC(=O)OC(C)(C)C. The number of ether oxygens (including phenoxy) is 2. The van der Waals surface area contributed by atoms with Crippen LogP contribution < -0.4 is 10.6 Å². The Balaban J connectivity index is 1.62. The number of benzene rings is 1. The highest BCUT2D eigenvalue weighted by atomic mass is 16.6. The molecule has 0 saturated carbocycles. The summed E-state index contributed by atoms with van der Waals surface area (Å²) in [4.78, 5) is 43.1. The normalized spacial score (nSPS) is 11.3. The van der Waals surface area contributed by atoms with Crippen LogP contribution in [-0.2, 0) is 20.8 Å². The van der Waals surface area contributed by atoms with Crippen molar-refractivity contribution >= 4 is 23.7 Å². The van der Waals surface area contributed by atoms with E-state index in [1.165, 1.54) is 6.33 Å². The van der Waals surface area contributed by atoms with E-state index in [4.69, 9.17) is 9.47 Å². The molecule has 216 valence electrons. The van der Waals surface area contributed by atoms with Crippen LogP contribution in [-0.4, -0.2) is 68.2 Å². The number of carbonyl (C=O) groups is 2. The first-order chi connectivity index (χ1) is 19.3. The molecule has 41 heavy (non-hydrogen) atoms.